The number of fused-ring (bicyclic) bond motifs is 13. The molecule has 15 bridgehead atoms. The highest BCUT2D eigenvalue weighted by molar-refractivity contribution is 6.32. The first-order chi connectivity index (χ1) is 51.4. The first-order valence-electron chi connectivity index (χ1n) is 35.9. The number of ether oxygens (including phenoxy) is 3. The summed E-state index contributed by atoms with van der Waals surface area (Å²) in [5.74, 6) is -14.8. The number of likely N-dealkylation sites (N-methyl/N-ethyl adjacent to an activating group) is 1. The van der Waals surface area contributed by atoms with Gasteiger partial charge in [0.15, 0.2) is 23.0 Å². The number of nitrogens with two attached hydrogens (primary N) is 1. The minimum absolute atomic E-state index is 0.0404. The van der Waals surface area contributed by atoms with Gasteiger partial charge in [0.2, 0.25) is 47.1 Å². The number of benzene rings is 7. The highest BCUT2D eigenvalue weighted by Crippen LogP contribution is 2.51. The van der Waals surface area contributed by atoms with Crippen LogP contribution in [-0.4, -0.2) is 108 Å². The number of hydrogen-bond donors (Lipinski definition) is 17. The maximum Gasteiger partial charge on any atom is 0.248 e. The lowest BCUT2D eigenvalue weighted by Crippen LogP contribution is -2.55. The van der Waals surface area contributed by atoms with E-state index in [9.17, 15) is 50.4 Å². The molecule has 9 unspecified atom stereocenters. The summed E-state index contributed by atoms with van der Waals surface area (Å²) in [5, 5.41) is 117. The van der Waals surface area contributed by atoms with Crippen LogP contribution in [0.15, 0.2) is 109 Å². The van der Waals surface area contributed by atoms with Crippen molar-refractivity contribution in [1.29, 1.82) is 0 Å². The fraction of sp³-hybridized carbons (Fsp3) is 0.372. The summed E-state index contributed by atoms with van der Waals surface area (Å²) in [6, 6.07) is 6.63. The summed E-state index contributed by atoms with van der Waals surface area (Å²) in [7, 11) is 1.23. The SMILES string of the molecule is CCCCCCCCCCCCCCCCCCNCc1c(O)cc2c(c1O)-c1c(O)cccc1C1NC(=O)C3NC(=O)C4NC(=O)C(NC(=O)C(N)c5ccc(O)c(c5)Oc5cc(O)cc4c5)C(O)c4ccc(c(Cl)c4)Oc4cc3cc(c4O)Oc3ccc(cc3Cl)C(O)C(NC1=O)C(=O)NC2C(=O)NC. The molecular formula is C78H87Cl2N9O18. The Labute approximate surface area is 626 Å². The molecule has 0 saturated carbocycles. The van der Waals surface area contributed by atoms with Crippen molar-refractivity contribution in [2.45, 2.75) is 171 Å². The van der Waals surface area contributed by atoms with E-state index >= 15 is 24.0 Å². The number of nitrogens with one attached hydrogen (secondary N) is 8. The zero-order valence-electron chi connectivity index (χ0n) is 58.8. The van der Waals surface area contributed by atoms with Crippen molar-refractivity contribution in [3.8, 4) is 80.1 Å². The van der Waals surface area contributed by atoms with E-state index in [1.807, 2.05) is 0 Å². The molecule has 0 aliphatic carbocycles. The van der Waals surface area contributed by atoms with Crippen LogP contribution in [0, 0.1) is 0 Å². The van der Waals surface area contributed by atoms with Crippen molar-refractivity contribution in [2.75, 3.05) is 13.6 Å². The number of carbonyl (C=O) groups is 7. The zero-order valence-corrected chi connectivity index (χ0v) is 60.3. The Morgan fingerprint density at radius 1 is 0.458 bits per heavy atom. The third kappa shape index (κ3) is 17.8. The molecule has 107 heavy (non-hydrogen) atoms. The van der Waals surface area contributed by atoms with E-state index in [1.54, 1.807) is 0 Å². The van der Waals surface area contributed by atoms with Crippen molar-refractivity contribution in [3.63, 3.8) is 0 Å². The molecule has 6 aliphatic rings. The normalized spacial score (nSPS) is 20.6. The van der Waals surface area contributed by atoms with E-state index in [-0.39, 0.29) is 84.1 Å². The number of halogens is 2. The van der Waals surface area contributed by atoms with Gasteiger partial charge in [-0.1, -0.05) is 157 Å². The number of amides is 7. The number of phenols is 6. The van der Waals surface area contributed by atoms with Crippen LogP contribution in [0.3, 0.4) is 0 Å². The monoisotopic (exact) mass is 1510 g/mol. The van der Waals surface area contributed by atoms with Crippen molar-refractivity contribution < 1.29 is 88.6 Å². The third-order valence-electron chi connectivity index (χ3n) is 19.6. The van der Waals surface area contributed by atoms with E-state index in [4.69, 9.17) is 43.1 Å². The topological polar surface area (TPSA) is 431 Å². The molecule has 7 amide bonds. The summed E-state index contributed by atoms with van der Waals surface area (Å²) in [4.78, 5) is 107. The van der Waals surface area contributed by atoms with Crippen LogP contribution in [0.2, 0.25) is 10.0 Å². The van der Waals surface area contributed by atoms with Gasteiger partial charge in [-0.15, -0.1) is 0 Å². The predicted octanol–water partition coefficient (Wildman–Crippen LogP) is 10.5. The first-order valence-corrected chi connectivity index (χ1v) is 36.6. The van der Waals surface area contributed by atoms with Crippen LogP contribution < -0.4 is 62.5 Å². The Hall–Kier alpha value is -10.6. The van der Waals surface area contributed by atoms with E-state index in [0.29, 0.717) is 6.54 Å². The Balaban J connectivity index is 1.02. The van der Waals surface area contributed by atoms with Gasteiger partial charge in [0.05, 0.1) is 15.6 Å². The summed E-state index contributed by atoms with van der Waals surface area (Å²) >= 11 is 13.9. The number of aromatic hydroxyl groups is 6. The second-order valence-electron chi connectivity index (χ2n) is 27.2. The van der Waals surface area contributed by atoms with Crippen molar-refractivity contribution in [2.24, 2.45) is 5.73 Å². The van der Waals surface area contributed by atoms with Crippen LogP contribution in [0.4, 0.5) is 0 Å². The van der Waals surface area contributed by atoms with Gasteiger partial charge in [0.1, 0.15) is 94.7 Å². The summed E-state index contributed by atoms with van der Waals surface area (Å²) < 4.78 is 18.6. The van der Waals surface area contributed by atoms with Crippen molar-refractivity contribution in [3.05, 3.63) is 164 Å². The molecule has 13 rings (SSSR count). The molecule has 0 radical (unpaired) electrons. The van der Waals surface area contributed by atoms with Crippen LogP contribution in [0.25, 0.3) is 11.1 Å². The number of unbranched alkanes of at least 4 members (excludes halogenated alkanes) is 15. The molecule has 0 spiro atoms. The molecule has 6 aliphatic heterocycles. The number of hydrogen-bond acceptors (Lipinski definition) is 20. The number of aliphatic hydroxyl groups is 2. The average Bonchev–Trinajstić information content (AvgIpc) is 1.75. The lowest BCUT2D eigenvalue weighted by molar-refractivity contribution is -0.137. The second kappa shape index (κ2) is 34.8. The Morgan fingerprint density at radius 2 is 0.963 bits per heavy atom. The predicted molar refractivity (Wildman–Crippen MR) is 394 cm³/mol. The number of aliphatic hydroxyl groups excluding tert-OH is 2. The minimum atomic E-state index is -2.26. The fourth-order valence-corrected chi connectivity index (χ4v) is 14.2. The van der Waals surface area contributed by atoms with Crippen LogP contribution in [0.1, 0.15) is 197 Å². The average molecular weight is 1510 g/mol. The van der Waals surface area contributed by atoms with Gasteiger partial charge in [-0.3, -0.25) is 33.6 Å². The Morgan fingerprint density at radius 3 is 1.53 bits per heavy atom. The molecule has 27 nitrogen and oxygen atoms in total. The minimum Gasteiger partial charge on any atom is -0.508 e. The number of phenolic OH excluding ortho intramolecular Hbond substituents is 6. The molecule has 0 saturated heterocycles. The Kier molecular flexibility index (Phi) is 25.2. The first kappa shape index (κ1) is 77.5. The van der Waals surface area contributed by atoms with Crippen molar-refractivity contribution in [1.82, 2.24) is 42.5 Å². The summed E-state index contributed by atoms with van der Waals surface area (Å²) in [6.07, 6.45) is 14.5. The molecule has 18 N–H and O–H groups in total. The van der Waals surface area contributed by atoms with Crippen molar-refractivity contribution >= 4 is 64.6 Å². The maximum atomic E-state index is 16.3. The smallest absolute Gasteiger partial charge is 0.248 e. The highest BCUT2D eigenvalue weighted by Gasteiger charge is 2.44. The van der Waals surface area contributed by atoms with Gasteiger partial charge in [-0.25, -0.2) is 0 Å². The second-order valence-corrected chi connectivity index (χ2v) is 28.0. The number of rotatable bonds is 20. The van der Waals surface area contributed by atoms with E-state index in [2.05, 4.69) is 49.5 Å². The lowest BCUT2D eigenvalue weighted by atomic mass is 9.85. The molecule has 0 aromatic heterocycles. The summed E-state index contributed by atoms with van der Waals surface area (Å²) in [6.45, 7) is 2.44. The van der Waals surface area contributed by atoms with Crippen LogP contribution >= 0.6 is 23.2 Å². The van der Waals surface area contributed by atoms with E-state index in [1.165, 1.54) is 126 Å². The zero-order chi connectivity index (χ0) is 76.3. The standard InChI is InChI=1S/C78H87Cl2N9O18/c1-3-4-5-6-7-8-9-10-11-12-13-14-15-16-17-18-28-83-38-48-53(93)37-47-60(70(48)96)59-46(20-19-21-52(59)92)64-76(102)89-67(78(104)87-65(47)73(99)82-2)69(95)41-24-27-55(50(80)32-41)107-58-35-43-34-57(71(58)97)106-54-26-23-40(31-49(54)79)68(94)66-77(103)85-62(74(100)84-63(43)75(101)86-64)42-29-44(90)36-45(30-42)105-56-33-39(22-25-51(56)91)61(81)72(98)88-66/h19-27,29-37,61-69,83,90-97H,3-18,28,38,81H2,1-2H3,(H,82,99)(H,84,100)(H,85,103)(H,86,101)(H,87,104)(H,88,98)(H,89,102). The molecule has 0 fully saturated rings. The molecule has 9 atom stereocenters. The van der Waals surface area contributed by atoms with Crippen LogP contribution in [-0.2, 0) is 40.1 Å². The Bertz CT molecular complexity index is 4520. The lowest BCUT2D eigenvalue weighted by Gasteiger charge is -2.31. The van der Waals surface area contributed by atoms with Gasteiger partial charge in [-0.05, 0) is 125 Å². The molecule has 7 aromatic carbocycles. The quantitative estimate of drug-likeness (QED) is 0.0315. The van der Waals surface area contributed by atoms with Gasteiger partial charge in [0, 0.05) is 30.8 Å². The fourth-order valence-electron chi connectivity index (χ4n) is 13.8. The molecule has 29 heteroatoms. The van der Waals surface area contributed by atoms with E-state index in [0.717, 1.165) is 92.8 Å². The maximum absolute atomic E-state index is 16.3. The highest BCUT2D eigenvalue weighted by atomic mass is 35.5. The largest absolute Gasteiger partial charge is 0.508 e. The third-order valence-corrected chi connectivity index (χ3v) is 20.2. The molecular weight excluding hydrogens is 1420 g/mol. The molecule has 6 heterocycles. The van der Waals surface area contributed by atoms with Gasteiger partial charge < -0.3 is 103 Å². The summed E-state index contributed by atoms with van der Waals surface area (Å²) in [5.41, 5.74) is 3.74. The molecule has 566 valence electrons. The van der Waals surface area contributed by atoms with Gasteiger partial charge >= 0.3 is 0 Å². The molecule has 7 aromatic rings. The van der Waals surface area contributed by atoms with Gasteiger partial charge in [0.25, 0.3) is 0 Å². The van der Waals surface area contributed by atoms with E-state index < -0.39 is 153 Å². The van der Waals surface area contributed by atoms with Gasteiger partial charge in [-0.2, -0.15) is 0 Å². The van der Waals surface area contributed by atoms with Crippen LogP contribution in [0.5, 0.6) is 69.0 Å². The number of carbonyl (C=O) groups excluding carboxylic acids is 7.